The minimum absolute atomic E-state index is 0.0459. The highest BCUT2D eigenvalue weighted by Crippen LogP contribution is 2.76. The van der Waals surface area contributed by atoms with Crippen molar-refractivity contribution in [2.75, 3.05) is 26.4 Å². The Morgan fingerprint density at radius 2 is 1.04 bits per heavy atom. The average Bonchev–Trinajstić information content (AvgIpc) is 3.58. The van der Waals surface area contributed by atoms with Crippen LogP contribution in [0.25, 0.3) is 0 Å². The number of ether oxygens (including phenoxy) is 8. The van der Waals surface area contributed by atoms with E-state index in [1.54, 1.807) is 6.92 Å². The molecule has 4 heterocycles. The van der Waals surface area contributed by atoms with Crippen molar-refractivity contribution >= 4 is 11.9 Å². The fourth-order valence-electron chi connectivity index (χ4n) is 16.2. The Bertz CT molecular complexity index is 2220. The summed E-state index contributed by atoms with van der Waals surface area (Å²) in [5.41, 5.74) is -3.34. The van der Waals surface area contributed by atoms with Gasteiger partial charge in [-0.25, -0.2) is 0 Å². The smallest absolute Gasteiger partial charge is 0.317 e. The van der Waals surface area contributed by atoms with Crippen LogP contribution in [0, 0.1) is 50.2 Å². The molecule has 4 saturated heterocycles. The first-order valence-corrected chi connectivity index (χ1v) is 28.0. The maximum atomic E-state index is 15.5. The molecule has 0 aromatic rings. The average molecular weight is 1140 g/mol. The molecule has 9 rings (SSSR count). The van der Waals surface area contributed by atoms with E-state index in [1.807, 2.05) is 0 Å². The number of allylic oxidation sites excluding steroid dienone is 2. The minimum atomic E-state index is -2.03. The highest BCUT2D eigenvalue weighted by atomic mass is 16.8. The van der Waals surface area contributed by atoms with E-state index >= 15 is 4.79 Å². The Labute approximate surface area is 457 Å². The first kappa shape index (κ1) is 61.4. The van der Waals surface area contributed by atoms with Crippen LogP contribution in [0.5, 0.6) is 0 Å². The molecule has 79 heavy (non-hydrogen) atoms. The van der Waals surface area contributed by atoms with Gasteiger partial charge in [-0.05, 0) is 111 Å². The van der Waals surface area contributed by atoms with E-state index in [0.29, 0.717) is 57.8 Å². The van der Waals surface area contributed by atoms with Crippen LogP contribution in [0.15, 0.2) is 11.6 Å². The van der Waals surface area contributed by atoms with E-state index in [1.165, 1.54) is 0 Å². The van der Waals surface area contributed by atoms with Crippen molar-refractivity contribution in [3.63, 3.8) is 0 Å². The number of rotatable bonds is 12. The summed E-state index contributed by atoms with van der Waals surface area (Å²) < 4.78 is 46.5. The monoisotopic (exact) mass is 1130 g/mol. The van der Waals surface area contributed by atoms with Gasteiger partial charge in [0.05, 0.1) is 43.4 Å². The van der Waals surface area contributed by atoms with Crippen molar-refractivity contribution in [3.05, 3.63) is 11.6 Å². The summed E-state index contributed by atoms with van der Waals surface area (Å²) in [6.45, 7) is 9.58. The van der Waals surface area contributed by atoms with Crippen LogP contribution in [0.4, 0.5) is 0 Å². The van der Waals surface area contributed by atoms with Gasteiger partial charge >= 0.3 is 11.9 Å². The molecule has 0 spiro atoms. The summed E-state index contributed by atoms with van der Waals surface area (Å²) in [5, 5.41) is 160. The molecule has 4 saturated carbocycles. The molecule has 5 aliphatic carbocycles. The summed E-state index contributed by atoms with van der Waals surface area (Å²) >= 11 is 0. The first-order chi connectivity index (χ1) is 37.0. The molecule has 25 nitrogen and oxygen atoms in total. The topological polar surface area (TPSA) is 411 Å². The summed E-state index contributed by atoms with van der Waals surface area (Å²) in [4.78, 5) is 30.0. The molecule has 15 N–H and O–H groups in total. The largest absolute Gasteiger partial charge is 0.432 e. The molecule has 1 unspecified atom stereocenters. The number of aliphatic hydroxyl groups excluding tert-OH is 15. The SMILES string of the molecule is CC1(C)CC[C@]2(C(=O)O[C@@H]3O[C@H](CO[C@@H]4O[C@H](CO)[C@@H](O)[C@H](O)[C@H]4O)[C@@H](O)[C@H](O[C@@H]4O[C@H](CO)[C@@H](O)[C@H](O)[C@H]4O)C3O)CC[C@]3(C)C(=CC[C@@H]4[C@@]5(C)CC[C@H](O)[C@@](C)(C(=O)O[C@@H]6O[C@H](CO)[C@@H](O)[C@H](O)[C@H]6O)[C@@H]5CC[C@]43C)[C@@H]2C1. The van der Waals surface area contributed by atoms with Gasteiger partial charge in [-0.15, -0.1) is 0 Å². The molecular weight excluding hydrogens is 1050 g/mol. The number of aliphatic hydroxyl groups is 15. The highest BCUT2D eigenvalue weighted by molar-refractivity contribution is 5.79. The van der Waals surface area contributed by atoms with Crippen molar-refractivity contribution in [2.45, 2.75) is 235 Å². The molecule has 29 atom stereocenters. The number of hydrogen-bond donors (Lipinski definition) is 15. The molecule has 9 aliphatic rings. The first-order valence-electron chi connectivity index (χ1n) is 28.0. The van der Waals surface area contributed by atoms with Crippen molar-refractivity contribution in [3.8, 4) is 0 Å². The lowest BCUT2D eigenvalue weighted by Crippen LogP contribution is -2.67. The van der Waals surface area contributed by atoms with Crippen LogP contribution in [0.2, 0.25) is 0 Å². The molecule has 25 heteroatoms. The van der Waals surface area contributed by atoms with Crippen LogP contribution in [-0.4, -0.2) is 244 Å². The summed E-state index contributed by atoms with van der Waals surface area (Å²) in [7, 11) is 0. The maximum absolute atomic E-state index is 15.5. The molecule has 0 aromatic heterocycles. The summed E-state index contributed by atoms with van der Waals surface area (Å²) in [5.74, 6) is -2.42. The van der Waals surface area contributed by atoms with Gasteiger partial charge in [0.25, 0.3) is 0 Å². The minimum Gasteiger partial charge on any atom is -0.432 e. The zero-order chi connectivity index (χ0) is 57.9. The Hall–Kier alpha value is -2.16. The molecule has 4 aliphatic heterocycles. The van der Waals surface area contributed by atoms with Gasteiger partial charge in [-0.1, -0.05) is 46.3 Å². The Morgan fingerprint density at radius 1 is 0.532 bits per heavy atom. The second-order valence-corrected chi connectivity index (χ2v) is 26.1. The molecule has 0 amide bonds. The fraction of sp³-hybridized carbons (Fsp3) is 0.926. The second kappa shape index (κ2) is 22.4. The fourth-order valence-corrected chi connectivity index (χ4v) is 16.2. The Kier molecular flexibility index (Phi) is 17.4. The van der Waals surface area contributed by atoms with Crippen LogP contribution in [-0.2, 0) is 47.5 Å². The number of fused-ring (bicyclic) bond motifs is 7. The predicted octanol–water partition coefficient (Wildman–Crippen LogP) is -3.54. The van der Waals surface area contributed by atoms with Crippen LogP contribution in [0.1, 0.15) is 106 Å². The van der Waals surface area contributed by atoms with Gasteiger partial charge < -0.3 is 114 Å². The Balaban J connectivity index is 0.991. The van der Waals surface area contributed by atoms with E-state index in [-0.39, 0.29) is 17.8 Å². The zero-order valence-corrected chi connectivity index (χ0v) is 45.6. The lowest BCUT2D eigenvalue weighted by Gasteiger charge is -2.71. The molecule has 0 aromatic carbocycles. The summed E-state index contributed by atoms with van der Waals surface area (Å²) in [6.07, 6.45) is -29.1. The van der Waals surface area contributed by atoms with Gasteiger partial charge in [0.2, 0.25) is 12.6 Å². The second-order valence-electron chi connectivity index (χ2n) is 26.1. The lowest BCUT2D eigenvalue weighted by molar-refractivity contribution is -0.363. The van der Waals surface area contributed by atoms with Crippen LogP contribution >= 0.6 is 0 Å². The van der Waals surface area contributed by atoms with Crippen LogP contribution < -0.4 is 0 Å². The molecule has 0 bridgehead atoms. The molecule has 452 valence electrons. The van der Waals surface area contributed by atoms with Crippen molar-refractivity contribution in [1.29, 1.82) is 0 Å². The van der Waals surface area contributed by atoms with Gasteiger partial charge in [0.15, 0.2) is 12.6 Å². The van der Waals surface area contributed by atoms with E-state index in [0.717, 1.165) is 5.57 Å². The van der Waals surface area contributed by atoms with Crippen molar-refractivity contribution in [2.24, 2.45) is 50.2 Å². The van der Waals surface area contributed by atoms with Gasteiger partial charge in [-0.2, -0.15) is 0 Å². The van der Waals surface area contributed by atoms with Crippen molar-refractivity contribution in [1.82, 2.24) is 0 Å². The maximum Gasteiger partial charge on any atom is 0.317 e. The van der Waals surface area contributed by atoms with Gasteiger partial charge in [0.1, 0.15) is 97.7 Å². The quantitative estimate of drug-likeness (QED) is 0.0665. The van der Waals surface area contributed by atoms with E-state index in [4.69, 9.17) is 37.9 Å². The zero-order valence-electron chi connectivity index (χ0n) is 45.6. The van der Waals surface area contributed by atoms with Crippen LogP contribution in [0.3, 0.4) is 0 Å². The van der Waals surface area contributed by atoms with Gasteiger partial charge in [-0.3, -0.25) is 9.59 Å². The van der Waals surface area contributed by atoms with Crippen molar-refractivity contribution < 1.29 is 124 Å². The number of esters is 2. The number of carbonyl (C=O) groups is 2. The number of hydrogen-bond acceptors (Lipinski definition) is 25. The summed E-state index contributed by atoms with van der Waals surface area (Å²) in [6, 6.07) is 0. The van der Waals surface area contributed by atoms with E-state index < -0.39 is 206 Å². The molecular formula is C54H86O25. The lowest BCUT2D eigenvalue weighted by atomic mass is 9.33. The number of carbonyl (C=O) groups excluding carboxylic acids is 2. The standard InChI is InChI=1S/C54H86O25/c1-49(2)13-15-54(48(71)79-46-41(69)42(77-44-39(67)36(64)32(60)25(19-56)74-44)34(62)27(76-46)21-72-43-38(66)35(63)31(59)24(18-55)73-43)16-14-51(4)22(23(54)17-49)7-8-28-50(3)11-10-30(58)53(6,29(50)9-12-52(28,51)5)47(70)78-45-40(68)37(65)33(61)26(20-57)75-45/h7,23-46,55-69H,8-21H2,1-6H3/t23-,24+,25+,26+,27+,28+,29+,30-,31+,32+,33+,34+,35-,36-,37-,38+,39+,40+,41?,42-,43+,44-,45-,46-,50+,51+,52+,53-,54-/m0/s1. The third-order valence-corrected chi connectivity index (χ3v) is 21.5. The Morgan fingerprint density at radius 3 is 1.63 bits per heavy atom. The third-order valence-electron chi connectivity index (χ3n) is 21.5. The normalized spacial score (nSPS) is 53.5. The molecule has 8 fully saturated rings. The van der Waals surface area contributed by atoms with E-state index in [9.17, 15) is 81.4 Å². The predicted molar refractivity (Wildman–Crippen MR) is 264 cm³/mol. The van der Waals surface area contributed by atoms with E-state index in [2.05, 4.69) is 40.7 Å². The highest BCUT2D eigenvalue weighted by Gasteiger charge is 2.72. The third kappa shape index (κ3) is 9.95. The molecule has 0 radical (unpaired) electrons. The van der Waals surface area contributed by atoms with Gasteiger partial charge in [0, 0.05) is 0 Å².